The number of aromatic nitrogens is 1. The number of carbonyl (C=O) groups is 1. The fourth-order valence-electron chi connectivity index (χ4n) is 3.02. The first kappa shape index (κ1) is 18.4. The lowest BCUT2D eigenvalue weighted by Crippen LogP contribution is -2.46. The van der Waals surface area contributed by atoms with Crippen molar-refractivity contribution >= 4 is 27.3 Å². The fraction of sp³-hybridized carbons (Fsp3) is 0.733. The highest BCUT2D eigenvalue weighted by molar-refractivity contribution is 7.88. The van der Waals surface area contributed by atoms with Gasteiger partial charge in [-0.2, -0.15) is 0 Å². The summed E-state index contributed by atoms with van der Waals surface area (Å²) < 4.78 is 24.9. The maximum absolute atomic E-state index is 12.7. The van der Waals surface area contributed by atoms with Crippen LogP contribution in [0.3, 0.4) is 0 Å². The average Bonchev–Trinajstić information content (AvgIpc) is 2.76. The number of sulfonamides is 1. The Morgan fingerprint density at radius 3 is 2.74 bits per heavy atom. The second-order valence-electron chi connectivity index (χ2n) is 6.10. The van der Waals surface area contributed by atoms with E-state index in [0.29, 0.717) is 19.4 Å². The summed E-state index contributed by atoms with van der Waals surface area (Å²) in [7, 11) is -3.18. The van der Waals surface area contributed by atoms with Crippen molar-refractivity contribution in [3.05, 3.63) is 15.6 Å². The zero-order valence-electron chi connectivity index (χ0n) is 14.0. The molecule has 0 spiro atoms. The van der Waals surface area contributed by atoms with E-state index >= 15 is 0 Å². The van der Waals surface area contributed by atoms with E-state index in [1.807, 2.05) is 18.7 Å². The van der Waals surface area contributed by atoms with Crippen LogP contribution in [0.15, 0.2) is 0 Å². The molecule has 1 aromatic rings. The normalized spacial score (nSPS) is 19.1. The Morgan fingerprint density at radius 2 is 2.13 bits per heavy atom. The number of likely N-dealkylation sites (tertiary alicyclic amines) is 1. The van der Waals surface area contributed by atoms with Crippen LogP contribution in [0.5, 0.6) is 0 Å². The number of rotatable bonds is 6. The van der Waals surface area contributed by atoms with Gasteiger partial charge in [0.2, 0.25) is 15.9 Å². The van der Waals surface area contributed by atoms with Crippen molar-refractivity contribution in [1.29, 1.82) is 0 Å². The molecular weight excluding hydrogens is 334 g/mol. The van der Waals surface area contributed by atoms with Gasteiger partial charge in [0.05, 0.1) is 23.4 Å². The van der Waals surface area contributed by atoms with E-state index in [1.165, 1.54) is 0 Å². The number of thiazole rings is 1. The van der Waals surface area contributed by atoms with E-state index in [9.17, 15) is 13.2 Å². The Kier molecular flexibility index (Phi) is 6.16. The third kappa shape index (κ3) is 5.54. The molecule has 1 fully saturated rings. The van der Waals surface area contributed by atoms with Crippen molar-refractivity contribution in [1.82, 2.24) is 14.6 Å². The number of nitrogens with zero attached hydrogens (tertiary/aromatic N) is 2. The Balaban J connectivity index is 1.96. The van der Waals surface area contributed by atoms with Crippen LogP contribution in [0.25, 0.3) is 0 Å². The van der Waals surface area contributed by atoms with Gasteiger partial charge in [0.25, 0.3) is 0 Å². The molecule has 1 aromatic heterocycles. The molecule has 0 aliphatic carbocycles. The van der Waals surface area contributed by atoms with Crippen LogP contribution in [0.2, 0.25) is 0 Å². The summed E-state index contributed by atoms with van der Waals surface area (Å²) >= 11 is 1.62. The SMILES string of the molecule is Cc1nc(CC(=O)N2CCCC[C@@H]2CCNS(C)(=O)=O)c(C)s1. The molecule has 1 aliphatic heterocycles. The van der Waals surface area contributed by atoms with Gasteiger partial charge < -0.3 is 4.90 Å². The monoisotopic (exact) mass is 359 g/mol. The largest absolute Gasteiger partial charge is 0.339 e. The van der Waals surface area contributed by atoms with E-state index in [0.717, 1.165) is 47.6 Å². The highest BCUT2D eigenvalue weighted by Crippen LogP contribution is 2.22. The number of nitrogens with one attached hydrogen (secondary N) is 1. The van der Waals surface area contributed by atoms with E-state index in [1.54, 1.807) is 11.3 Å². The standard InChI is InChI=1S/C15H25N3O3S2/c1-11-14(17-12(2)22-11)10-15(19)18-9-5-4-6-13(18)7-8-16-23(3,20)21/h13,16H,4-10H2,1-3H3/t13-/m1/s1. The van der Waals surface area contributed by atoms with Crippen LogP contribution < -0.4 is 4.72 Å². The molecule has 0 unspecified atom stereocenters. The van der Waals surface area contributed by atoms with Gasteiger partial charge in [-0.05, 0) is 39.5 Å². The van der Waals surface area contributed by atoms with Crippen molar-refractivity contribution in [3.8, 4) is 0 Å². The van der Waals surface area contributed by atoms with Crippen molar-refractivity contribution in [2.75, 3.05) is 19.3 Å². The summed E-state index contributed by atoms with van der Waals surface area (Å²) in [6, 6.07) is 0.116. The highest BCUT2D eigenvalue weighted by Gasteiger charge is 2.27. The smallest absolute Gasteiger partial charge is 0.228 e. The van der Waals surface area contributed by atoms with Crippen molar-refractivity contribution in [3.63, 3.8) is 0 Å². The van der Waals surface area contributed by atoms with Crippen LogP contribution in [0, 0.1) is 13.8 Å². The van der Waals surface area contributed by atoms with Crippen LogP contribution in [0.4, 0.5) is 0 Å². The molecule has 1 N–H and O–H groups in total. The Bertz CT molecular complexity index is 655. The van der Waals surface area contributed by atoms with E-state index in [-0.39, 0.29) is 11.9 Å². The van der Waals surface area contributed by atoms with Gasteiger partial charge in [0.1, 0.15) is 0 Å². The van der Waals surface area contributed by atoms with Gasteiger partial charge >= 0.3 is 0 Å². The minimum atomic E-state index is -3.18. The minimum Gasteiger partial charge on any atom is -0.339 e. The number of hydrogen-bond acceptors (Lipinski definition) is 5. The van der Waals surface area contributed by atoms with E-state index in [4.69, 9.17) is 0 Å². The van der Waals surface area contributed by atoms with Gasteiger partial charge in [-0.1, -0.05) is 0 Å². The lowest BCUT2D eigenvalue weighted by molar-refractivity contribution is -0.134. The molecule has 1 aliphatic rings. The topological polar surface area (TPSA) is 79.4 Å². The zero-order chi connectivity index (χ0) is 17.0. The number of aryl methyl sites for hydroxylation is 2. The molecule has 0 radical (unpaired) electrons. The summed E-state index contributed by atoms with van der Waals surface area (Å²) in [6.45, 7) is 5.08. The van der Waals surface area contributed by atoms with Crippen molar-refractivity contribution in [2.45, 2.75) is 52.0 Å². The maximum Gasteiger partial charge on any atom is 0.228 e. The molecule has 2 heterocycles. The van der Waals surface area contributed by atoms with Gasteiger partial charge in [0.15, 0.2) is 0 Å². The molecule has 1 saturated heterocycles. The van der Waals surface area contributed by atoms with E-state index < -0.39 is 10.0 Å². The Morgan fingerprint density at radius 1 is 1.39 bits per heavy atom. The molecule has 23 heavy (non-hydrogen) atoms. The maximum atomic E-state index is 12.7. The summed E-state index contributed by atoms with van der Waals surface area (Å²) in [6.07, 6.45) is 5.19. The van der Waals surface area contributed by atoms with Crippen LogP contribution in [-0.4, -0.2) is 49.6 Å². The molecule has 2 rings (SSSR count). The number of carbonyl (C=O) groups excluding carboxylic acids is 1. The van der Waals surface area contributed by atoms with Crippen molar-refractivity contribution in [2.24, 2.45) is 0 Å². The van der Waals surface area contributed by atoms with Crippen LogP contribution in [0.1, 0.15) is 41.3 Å². The summed E-state index contributed by atoms with van der Waals surface area (Å²) in [4.78, 5) is 20.1. The lowest BCUT2D eigenvalue weighted by Gasteiger charge is -2.36. The molecule has 8 heteroatoms. The summed E-state index contributed by atoms with van der Waals surface area (Å²) in [5, 5.41) is 0.984. The lowest BCUT2D eigenvalue weighted by atomic mass is 9.98. The number of amides is 1. The van der Waals surface area contributed by atoms with E-state index in [2.05, 4.69) is 9.71 Å². The molecule has 0 bridgehead atoms. The summed E-state index contributed by atoms with van der Waals surface area (Å²) in [5.74, 6) is 0.0995. The van der Waals surface area contributed by atoms with Gasteiger partial charge in [-0.25, -0.2) is 18.1 Å². The minimum absolute atomic E-state index is 0.0995. The third-order valence-electron chi connectivity index (χ3n) is 4.11. The molecule has 6 nitrogen and oxygen atoms in total. The molecule has 0 saturated carbocycles. The molecular formula is C15H25N3O3S2. The molecule has 1 atom stereocenters. The van der Waals surface area contributed by atoms with Crippen LogP contribution >= 0.6 is 11.3 Å². The first-order valence-corrected chi connectivity index (χ1v) is 10.6. The number of hydrogen-bond donors (Lipinski definition) is 1. The second kappa shape index (κ2) is 7.72. The molecule has 0 aromatic carbocycles. The zero-order valence-corrected chi connectivity index (χ0v) is 15.6. The molecule has 130 valence electrons. The quantitative estimate of drug-likeness (QED) is 0.837. The van der Waals surface area contributed by atoms with Gasteiger partial charge in [-0.3, -0.25) is 4.79 Å². The average molecular weight is 360 g/mol. The first-order valence-electron chi connectivity index (χ1n) is 7.93. The van der Waals surface area contributed by atoms with Gasteiger partial charge in [0, 0.05) is 24.0 Å². The van der Waals surface area contributed by atoms with Gasteiger partial charge in [-0.15, -0.1) is 11.3 Å². The van der Waals surface area contributed by atoms with Crippen molar-refractivity contribution < 1.29 is 13.2 Å². The second-order valence-corrected chi connectivity index (χ2v) is 9.34. The Labute approximate surface area is 142 Å². The number of piperidine rings is 1. The Hall–Kier alpha value is -0.990. The van der Waals surface area contributed by atoms with Crippen LogP contribution in [-0.2, 0) is 21.2 Å². The predicted molar refractivity (Wildman–Crippen MR) is 92.1 cm³/mol. The summed E-state index contributed by atoms with van der Waals surface area (Å²) in [5.41, 5.74) is 0.871. The predicted octanol–water partition coefficient (Wildman–Crippen LogP) is 1.62. The highest BCUT2D eigenvalue weighted by atomic mass is 32.2. The molecule has 1 amide bonds. The third-order valence-corrected chi connectivity index (χ3v) is 5.76. The first-order chi connectivity index (χ1) is 10.8. The fourth-order valence-corrected chi connectivity index (χ4v) is 4.34.